The summed E-state index contributed by atoms with van der Waals surface area (Å²) >= 11 is 1.67. The number of hydrogen-bond acceptors (Lipinski definition) is 5. The van der Waals surface area contributed by atoms with Crippen molar-refractivity contribution in [2.45, 2.75) is 52.3 Å². The maximum Gasteiger partial charge on any atom is 0.410 e. The minimum absolute atomic E-state index is 0.216. The first-order chi connectivity index (χ1) is 9.33. The van der Waals surface area contributed by atoms with Gasteiger partial charge in [-0.1, -0.05) is 0 Å². The molecule has 0 aromatic carbocycles. The fraction of sp³-hybridized carbons (Fsp3) is 0.714. The number of nitrogens with one attached hydrogen (secondary N) is 1. The van der Waals surface area contributed by atoms with Gasteiger partial charge in [0.1, 0.15) is 10.6 Å². The molecule has 20 heavy (non-hydrogen) atoms. The summed E-state index contributed by atoms with van der Waals surface area (Å²) in [4.78, 5) is 18.1. The molecule has 1 aliphatic rings. The molecular formula is C14H23N3O2S. The number of ether oxygens (including phenoxy) is 1. The predicted octanol–water partition coefficient (Wildman–Crippen LogP) is 2.55. The maximum atomic E-state index is 11.9. The van der Waals surface area contributed by atoms with E-state index in [4.69, 9.17) is 4.74 Å². The second kappa shape index (κ2) is 6.10. The molecular weight excluding hydrogens is 274 g/mol. The second-order valence-electron chi connectivity index (χ2n) is 6.18. The van der Waals surface area contributed by atoms with Gasteiger partial charge in [-0.15, -0.1) is 11.3 Å². The van der Waals surface area contributed by atoms with E-state index < -0.39 is 5.60 Å². The zero-order valence-electron chi connectivity index (χ0n) is 12.6. The highest BCUT2D eigenvalue weighted by molar-refractivity contribution is 7.09. The van der Waals surface area contributed by atoms with Crippen LogP contribution in [-0.2, 0) is 11.3 Å². The van der Waals surface area contributed by atoms with E-state index in [0.717, 1.165) is 30.2 Å². The molecule has 1 aromatic rings. The zero-order valence-corrected chi connectivity index (χ0v) is 13.4. The number of hydrogen-bond donors (Lipinski definition) is 1. The van der Waals surface area contributed by atoms with Crippen molar-refractivity contribution in [3.05, 3.63) is 16.1 Å². The number of aromatic nitrogens is 1. The normalized spacial score (nSPS) is 19.4. The number of aryl methyl sites for hydroxylation is 1. The van der Waals surface area contributed by atoms with Crippen LogP contribution in [0.15, 0.2) is 5.38 Å². The molecule has 2 heterocycles. The van der Waals surface area contributed by atoms with E-state index >= 15 is 0 Å². The van der Waals surface area contributed by atoms with Gasteiger partial charge in [0.15, 0.2) is 0 Å². The molecule has 2 rings (SSSR count). The maximum absolute atomic E-state index is 11.9. The standard InChI is InChI=1S/C14H23N3O2S/c1-10-9-20-12(16-10)7-15-11-5-6-17(8-11)13(18)19-14(2,3)4/h9,11,15H,5-8H2,1-4H3. The van der Waals surface area contributed by atoms with Crippen LogP contribution in [0.4, 0.5) is 4.79 Å². The molecule has 1 N–H and O–H groups in total. The van der Waals surface area contributed by atoms with Crippen molar-refractivity contribution in [2.24, 2.45) is 0 Å². The van der Waals surface area contributed by atoms with Gasteiger partial charge in [-0.3, -0.25) is 0 Å². The largest absolute Gasteiger partial charge is 0.444 e. The van der Waals surface area contributed by atoms with Crippen LogP contribution in [0.25, 0.3) is 0 Å². The van der Waals surface area contributed by atoms with E-state index in [1.165, 1.54) is 0 Å². The number of carbonyl (C=O) groups excluding carboxylic acids is 1. The van der Waals surface area contributed by atoms with Crippen LogP contribution in [-0.4, -0.2) is 40.7 Å². The summed E-state index contributed by atoms with van der Waals surface area (Å²) < 4.78 is 5.38. The Balaban J connectivity index is 1.76. The minimum Gasteiger partial charge on any atom is -0.444 e. The number of amides is 1. The van der Waals surface area contributed by atoms with E-state index in [1.807, 2.05) is 27.7 Å². The van der Waals surface area contributed by atoms with Gasteiger partial charge in [0.2, 0.25) is 0 Å². The molecule has 1 saturated heterocycles. The zero-order chi connectivity index (χ0) is 14.8. The summed E-state index contributed by atoms with van der Waals surface area (Å²) in [6, 6.07) is 0.326. The van der Waals surface area contributed by atoms with E-state index in [1.54, 1.807) is 16.2 Å². The molecule has 1 aromatic heterocycles. The van der Waals surface area contributed by atoms with E-state index in [9.17, 15) is 4.79 Å². The van der Waals surface area contributed by atoms with Crippen LogP contribution in [0.2, 0.25) is 0 Å². The minimum atomic E-state index is -0.430. The number of nitrogens with zero attached hydrogens (tertiary/aromatic N) is 2. The Morgan fingerprint density at radius 2 is 2.35 bits per heavy atom. The fourth-order valence-corrected chi connectivity index (χ4v) is 2.86. The molecule has 0 spiro atoms. The third-order valence-corrected chi connectivity index (χ3v) is 4.02. The van der Waals surface area contributed by atoms with Crippen molar-refractivity contribution >= 4 is 17.4 Å². The third kappa shape index (κ3) is 4.45. The van der Waals surface area contributed by atoms with Gasteiger partial charge in [0.25, 0.3) is 0 Å². The Kier molecular flexibility index (Phi) is 4.65. The molecule has 1 amide bonds. The summed E-state index contributed by atoms with van der Waals surface area (Å²) in [6.45, 7) is 9.90. The van der Waals surface area contributed by atoms with Gasteiger partial charge < -0.3 is 15.0 Å². The third-order valence-electron chi connectivity index (χ3n) is 3.05. The summed E-state index contributed by atoms with van der Waals surface area (Å²) in [5.41, 5.74) is 0.634. The van der Waals surface area contributed by atoms with Gasteiger partial charge in [0.05, 0.1) is 0 Å². The summed E-state index contributed by atoms with van der Waals surface area (Å²) in [6.07, 6.45) is 0.746. The molecule has 1 fully saturated rings. The first kappa shape index (κ1) is 15.3. The highest BCUT2D eigenvalue weighted by Crippen LogP contribution is 2.16. The lowest BCUT2D eigenvalue weighted by atomic mass is 10.2. The Morgan fingerprint density at radius 1 is 1.60 bits per heavy atom. The van der Waals surface area contributed by atoms with Crippen LogP contribution >= 0.6 is 11.3 Å². The summed E-state index contributed by atoms with van der Waals surface area (Å²) in [5, 5.41) is 6.61. The van der Waals surface area contributed by atoms with Crippen molar-refractivity contribution in [3.8, 4) is 0 Å². The van der Waals surface area contributed by atoms with Crippen LogP contribution in [0, 0.1) is 6.92 Å². The lowest BCUT2D eigenvalue weighted by Gasteiger charge is -2.24. The Morgan fingerprint density at radius 3 is 2.95 bits per heavy atom. The van der Waals surface area contributed by atoms with Crippen molar-refractivity contribution in [1.29, 1.82) is 0 Å². The Labute approximate surface area is 124 Å². The van der Waals surface area contributed by atoms with Gasteiger partial charge in [-0.05, 0) is 34.1 Å². The van der Waals surface area contributed by atoms with Gasteiger partial charge >= 0.3 is 6.09 Å². The molecule has 0 aliphatic carbocycles. The lowest BCUT2D eigenvalue weighted by molar-refractivity contribution is 0.0291. The van der Waals surface area contributed by atoms with Crippen LogP contribution in [0.5, 0.6) is 0 Å². The summed E-state index contributed by atoms with van der Waals surface area (Å²) in [7, 11) is 0. The van der Waals surface area contributed by atoms with Crippen LogP contribution in [0.1, 0.15) is 37.9 Å². The van der Waals surface area contributed by atoms with Crippen molar-refractivity contribution in [2.75, 3.05) is 13.1 Å². The molecule has 1 unspecified atom stereocenters. The molecule has 112 valence electrons. The molecule has 0 saturated carbocycles. The SMILES string of the molecule is Cc1csc(CNC2CCN(C(=O)OC(C)(C)C)C2)n1. The summed E-state index contributed by atoms with van der Waals surface area (Å²) in [5.74, 6) is 0. The number of rotatable bonds is 3. The lowest BCUT2D eigenvalue weighted by Crippen LogP contribution is -2.38. The monoisotopic (exact) mass is 297 g/mol. The van der Waals surface area contributed by atoms with Gasteiger partial charge in [-0.25, -0.2) is 9.78 Å². The first-order valence-electron chi connectivity index (χ1n) is 6.96. The molecule has 0 radical (unpaired) electrons. The molecule has 6 heteroatoms. The van der Waals surface area contributed by atoms with Crippen molar-refractivity contribution < 1.29 is 9.53 Å². The molecule has 1 aliphatic heterocycles. The second-order valence-corrected chi connectivity index (χ2v) is 7.12. The van der Waals surface area contributed by atoms with Crippen LogP contribution in [0.3, 0.4) is 0 Å². The van der Waals surface area contributed by atoms with Crippen molar-refractivity contribution in [1.82, 2.24) is 15.2 Å². The predicted molar refractivity (Wildman–Crippen MR) is 79.9 cm³/mol. The fourth-order valence-electron chi connectivity index (χ4n) is 2.13. The average molecular weight is 297 g/mol. The topological polar surface area (TPSA) is 54.5 Å². The number of carbonyl (C=O) groups is 1. The van der Waals surface area contributed by atoms with E-state index in [0.29, 0.717) is 12.6 Å². The average Bonchev–Trinajstić information content (AvgIpc) is 2.93. The highest BCUT2D eigenvalue weighted by atomic mass is 32.1. The van der Waals surface area contributed by atoms with Crippen molar-refractivity contribution in [3.63, 3.8) is 0 Å². The quantitative estimate of drug-likeness (QED) is 0.931. The van der Waals surface area contributed by atoms with Crippen LogP contribution < -0.4 is 5.32 Å². The van der Waals surface area contributed by atoms with E-state index in [2.05, 4.69) is 15.7 Å². The Bertz CT molecular complexity index is 467. The van der Waals surface area contributed by atoms with Gasteiger partial charge in [-0.2, -0.15) is 0 Å². The van der Waals surface area contributed by atoms with E-state index in [-0.39, 0.29) is 6.09 Å². The molecule has 0 bridgehead atoms. The number of thiazole rings is 1. The first-order valence-corrected chi connectivity index (χ1v) is 7.84. The number of likely N-dealkylation sites (tertiary alicyclic amines) is 1. The highest BCUT2D eigenvalue weighted by Gasteiger charge is 2.29. The molecule has 5 nitrogen and oxygen atoms in total. The molecule has 1 atom stereocenters. The van der Waals surface area contributed by atoms with Gasteiger partial charge in [0, 0.05) is 36.8 Å². The smallest absolute Gasteiger partial charge is 0.410 e. The Hall–Kier alpha value is -1.14.